The second kappa shape index (κ2) is 7.35. The Morgan fingerprint density at radius 1 is 1.00 bits per heavy atom. The van der Waals surface area contributed by atoms with Gasteiger partial charge in [0, 0.05) is 0 Å². The molecule has 2 nitrogen and oxygen atoms in total. The predicted octanol–water partition coefficient (Wildman–Crippen LogP) is 3.08. The maximum Gasteiger partial charge on any atom is 2.00 e. The molecular formula is C12H8CuN2S2. The van der Waals surface area contributed by atoms with Gasteiger partial charge in [0.15, 0.2) is 0 Å². The monoisotopic (exact) mass is 307 g/mol. The Balaban J connectivity index is 0.000000166. The minimum atomic E-state index is 0. The van der Waals surface area contributed by atoms with Crippen LogP contribution in [0.3, 0.4) is 0 Å². The summed E-state index contributed by atoms with van der Waals surface area (Å²) in [4.78, 5) is 0.905. The van der Waals surface area contributed by atoms with E-state index in [1.807, 2.05) is 48.5 Å². The second-order valence-corrected chi connectivity index (χ2v) is 3.99. The smallest absolute Gasteiger partial charge is 0.780 e. The molecule has 0 aliphatic carbocycles. The van der Waals surface area contributed by atoms with Crippen LogP contribution in [0, 0.1) is 6.07 Å². The molecule has 0 amide bonds. The summed E-state index contributed by atoms with van der Waals surface area (Å²) in [6, 6.07) is 18.1. The van der Waals surface area contributed by atoms with E-state index in [-0.39, 0.29) is 17.1 Å². The zero-order valence-corrected chi connectivity index (χ0v) is 11.2. The van der Waals surface area contributed by atoms with Crippen LogP contribution in [0.1, 0.15) is 0 Å². The van der Waals surface area contributed by atoms with Gasteiger partial charge in [-0.2, -0.15) is 17.0 Å². The Kier molecular flexibility index (Phi) is 6.08. The Morgan fingerprint density at radius 2 is 1.71 bits per heavy atom. The average molecular weight is 308 g/mol. The molecule has 3 rings (SSSR count). The molecule has 1 heterocycles. The van der Waals surface area contributed by atoms with Crippen LogP contribution in [-0.4, -0.2) is 8.75 Å². The summed E-state index contributed by atoms with van der Waals surface area (Å²) in [6.07, 6.45) is 0. The maximum atomic E-state index is 4.81. The first-order chi connectivity index (χ1) is 7.86. The first-order valence-electron chi connectivity index (χ1n) is 4.67. The summed E-state index contributed by atoms with van der Waals surface area (Å²) in [5, 5.41) is 0. The zero-order chi connectivity index (χ0) is 11.2. The first kappa shape index (κ1) is 14.1. The normalized spacial score (nSPS) is 8.94. The number of rotatable bonds is 0. The molecule has 1 radical (unpaired) electrons. The molecule has 3 aromatic rings. The molecule has 0 fully saturated rings. The number of fused-ring (bicyclic) bond motifs is 1. The van der Waals surface area contributed by atoms with Gasteiger partial charge in [0.2, 0.25) is 0 Å². The molecule has 1 aromatic heterocycles. The minimum Gasteiger partial charge on any atom is -0.780 e. The van der Waals surface area contributed by atoms with E-state index in [2.05, 4.69) is 14.8 Å². The van der Waals surface area contributed by atoms with Crippen molar-refractivity contribution in [3.8, 4) is 0 Å². The third-order valence-electron chi connectivity index (χ3n) is 1.84. The topological polar surface area (TPSA) is 25.8 Å². The van der Waals surface area contributed by atoms with E-state index in [9.17, 15) is 0 Å². The molecule has 0 saturated carbocycles. The molecule has 17 heavy (non-hydrogen) atoms. The molecule has 5 heteroatoms. The Morgan fingerprint density at radius 3 is 2.29 bits per heavy atom. The Bertz CT molecular complexity index is 524. The standard InChI is InChI=1S/C6H3N2S.C6H6S.Cu/c1-2-4-6-5(3-1)7-9-8-6;7-6-4-2-1-3-5-6;/h1,3-4H;1-5,7H;/q-1;;+2/p-1. The van der Waals surface area contributed by atoms with E-state index in [1.165, 1.54) is 11.7 Å². The molecule has 2 aromatic carbocycles. The van der Waals surface area contributed by atoms with Gasteiger partial charge < -0.3 is 12.6 Å². The molecule has 0 aliphatic rings. The molecule has 0 saturated heterocycles. The fraction of sp³-hybridized carbons (Fsp3) is 0. The van der Waals surface area contributed by atoms with Crippen molar-refractivity contribution in [2.75, 3.05) is 0 Å². The molecule has 0 N–H and O–H groups in total. The van der Waals surface area contributed by atoms with Crippen LogP contribution < -0.4 is 0 Å². The van der Waals surface area contributed by atoms with Crippen molar-refractivity contribution in [3.63, 3.8) is 0 Å². The number of hydrogen-bond acceptors (Lipinski definition) is 4. The summed E-state index contributed by atoms with van der Waals surface area (Å²) in [5.41, 5.74) is 1.89. The van der Waals surface area contributed by atoms with Crippen LogP contribution in [0.15, 0.2) is 53.4 Å². The number of benzene rings is 2. The van der Waals surface area contributed by atoms with Crippen LogP contribution in [0.2, 0.25) is 0 Å². The van der Waals surface area contributed by atoms with Crippen molar-refractivity contribution < 1.29 is 17.1 Å². The number of nitrogens with zero attached hydrogens (tertiary/aromatic N) is 2. The van der Waals surface area contributed by atoms with Crippen molar-refractivity contribution in [1.29, 1.82) is 0 Å². The summed E-state index contributed by atoms with van der Waals surface area (Å²) < 4.78 is 8.05. The molecular weight excluding hydrogens is 300 g/mol. The molecule has 0 atom stereocenters. The SMILES string of the molecule is [Cu+2].[S-]c1ccccc1.[c-]1ccc2nsnc2c1. The van der Waals surface area contributed by atoms with Gasteiger partial charge in [0.25, 0.3) is 0 Å². The van der Waals surface area contributed by atoms with Crippen molar-refractivity contribution in [2.45, 2.75) is 4.90 Å². The zero-order valence-electron chi connectivity index (χ0n) is 8.63. The molecule has 89 valence electrons. The van der Waals surface area contributed by atoms with Crippen molar-refractivity contribution >= 4 is 35.4 Å². The van der Waals surface area contributed by atoms with E-state index in [0.717, 1.165) is 15.9 Å². The van der Waals surface area contributed by atoms with E-state index in [0.29, 0.717) is 0 Å². The molecule has 0 bridgehead atoms. The summed E-state index contributed by atoms with van der Waals surface area (Å²) in [5.74, 6) is 0. The van der Waals surface area contributed by atoms with Crippen LogP contribution in [-0.2, 0) is 29.7 Å². The van der Waals surface area contributed by atoms with Gasteiger partial charge in [-0.15, -0.1) is 12.1 Å². The third-order valence-corrected chi connectivity index (χ3v) is 2.67. The van der Waals surface area contributed by atoms with Crippen molar-refractivity contribution in [3.05, 3.63) is 54.6 Å². The third kappa shape index (κ3) is 4.40. The molecule has 0 spiro atoms. The van der Waals surface area contributed by atoms with Crippen molar-refractivity contribution in [1.82, 2.24) is 8.75 Å². The maximum absolute atomic E-state index is 4.81. The minimum absolute atomic E-state index is 0. The number of hydrogen-bond donors (Lipinski definition) is 0. The van der Waals surface area contributed by atoms with Gasteiger partial charge in [-0.3, -0.25) is 0 Å². The van der Waals surface area contributed by atoms with Gasteiger partial charge in [-0.1, -0.05) is 30.3 Å². The van der Waals surface area contributed by atoms with Crippen LogP contribution in [0.4, 0.5) is 0 Å². The summed E-state index contributed by atoms with van der Waals surface area (Å²) in [7, 11) is 0. The van der Waals surface area contributed by atoms with E-state index in [4.69, 9.17) is 12.6 Å². The first-order valence-corrected chi connectivity index (χ1v) is 5.80. The van der Waals surface area contributed by atoms with Gasteiger partial charge >= 0.3 is 17.1 Å². The van der Waals surface area contributed by atoms with Gasteiger partial charge in [0.1, 0.15) is 0 Å². The Labute approximate surface area is 120 Å². The number of aromatic nitrogens is 2. The Hall–Kier alpha value is -1.00. The van der Waals surface area contributed by atoms with Crippen LogP contribution >= 0.6 is 11.7 Å². The van der Waals surface area contributed by atoms with Gasteiger partial charge in [-0.25, -0.2) is 8.75 Å². The van der Waals surface area contributed by atoms with Gasteiger partial charge in [0.05, 0.1) is 11.7 Å². The summed E-state index contributed by atoms with van der Waals surface area (Å²) >= 11 is 6.04. The van der Waals surface area contributed by atoms with Crippen molar-refractivity contribution in [2.24, 2.45) is 0 Å². The largest absolute Gasteiger partial charge is 2.00 e. The average Bonchev–Trinajstić information content (AvgIpc) is 2.79. The van der Waals surface area contributed by atoms with Gasteiger partial charge in [-0.05, 0) is 11.0 Å². The van der Waals surface area contributed by atoms with Crippen LogP contribution in [0.25, 0.3) is 11.0 Å². The molecule has 0 aliphatic heterocycles. The quantitative estimate of drug-likeness (QED) is 0.363. The molecule has 0 unspecified atom stereocenters. The fourth-order valence-electron chi connectivity index (χ4n) is 1.09. The van der Waals surface area contributed by atoms with E-state index >= 15 is 0 Å². The fourth-order valence-corrected chi connectivity index (χ4v) is 1.77. The predicted molar refractivity (Wildman–Crippen MR) is 68.3 cm³/mol. The second-order valence-electron chi connectivity index (χ2n) is 2.99. The van der Waals surface area contributed by atoms with E-state index < -0.39 is 0 Å². The summed E-state index contributed by atoms with van der Waals surface area (Å²) in [6.45, 7) is 0. The van der Waals surface area contributed by atoms with E-state index in [1.54, 1.807) is 0 Å². The van der Waals surface area contributed by atoms with Crippen LogP contribution in [0.5, 0.6) is 0 Å².